The maximum atomic E-state index is 12.7. The lowest BCUT2D eigenvalue weighted by atomic mass is 9.95. The molecule has 11 nitrogen and oxygen atoms in total. The van der Waals surface area contributed by atoms with Crippen molar-refractivity contribution in [3.05, 3.63) is 106 Å². The van der Waals surface area contributed by atoms with Crippen LogP contribution in [0.5, 0.6) is 11.5 Å². The van der Waals surface area contributed by atoms with Crippen molar-refractivity contribution >= 4 is 41.4 Å². The Balaban J connectivity index is 1.29. The summed E-state index contributed by atoms with van der Waals surface area (Å²) in [6.45, 7) is 5.81. The second-order valence-electron chi connectivity index (χ2n) is 9.69. The zero-order chi connectivity index (χ0) is 32.2. The number of amides is 1. The zero-order valence-corrected chi connectivity index (χ0v) is 25.9. The number of carbonyl (C=O) groups is 3. The number of thiocarbonyl (C=S) groups is 1. The molecule has 0 aromatic heterocycles. The van der Waals surface area contributed by atoms with Crippen molar-refractivity contribution in [2.45, 2.75) is 33.4 Å². The molecular formula is C33H34N4O7S. The Bertz CT molecular complexity index is 1590. The number of ether oxygens (including phenoxy) is 4. The lowest BCUT2D eigenvalue weighted by Gasteiger charge is -2.30. The highest BCUT2D eigenvalue weighted by atomic mass is 32.1. The number of allylic oxidation sites excluding steroid dienone is 1. The van der Waals surface area contributed by atoms with Crippen LogP contribution in [0.15, 0.2) is 89.2 Å². The Kier molecular flexibility index (Phi) is 11.6. The van der Waals surface area contributed by atoms with E-state index >= 15 is 0 Å². The number of nitrogens with zero attached hydrogens (tertiary/aromatic N) is 1. The Morgan fingerprint density at radius 1 is 0.911 bits per heavy atom. The molecule has 12 heteroatoms. The van der Waals surface area contributed by atoms with Gasteiger partial charge in [-0.05, 0) is 86.6 Å². The van der Waals surface area contributed by atoms with Gasteiger partial charge in [-0.2, -0.15) is 5.10 Å². The van der Waals surface area contributed by atoms with E-state index in [1.165, 1.54) is 6.21 Å². The van der Waals surface area contributed by atoms with Gasteiger partial charge in [0.25, 0.3) is 5.91 Å². The molecule has 3 N–H and O–H groups in total. The highest BCUT2D eigenvalue weighted by Gasteiger charge is 2.32. The van der Waals surface area contributed by atoms with E-state index < -0.39 is 17.9 Å². The molecule has 0 bridgehead atoms. The van der Waals surface area contributed by atoms with Crippen molar-refractivity contribution in [2.24, 2.45) is 5.10 Å². The average molecular weight is 631 g/mol. The van der Waals surface area contributed by atoms with Crippen LogP contribution in [0.4, 0.5) is 0 Å². The number of carbonyl (C=O) groups excluding carboxylic acids is 3. The molecule has 0 spiro atoms. The van der Waals surface area contributed by atoms with E-state index in [1.54, 1.807) is 81.4 Å². The van der Waals surface area contributed by atoms with E-state index in [4.69, 9.17) is 31.2 Å². The van der Waals surface area contributed by atoms with Crippen LogP contribution in [-0.2, 0) is 25.7 Å². The smallest absolute Gasteiger partial charge is 0.338 e. The fourth-order valence-corrected chi connectivity index (χ4v) is 4.65. The maximum absolute atomic E-state index is 12.7. The van der Waals surface area contributed by atoms with Crippen molar-refractivity contribution in [3.63, 3.8) is 0 Å². The van der Waals surface area contributed by atoms with Gasteiger partial charge in [-0.25, -0.2) is 15.0 Å². The molecule has 3 aromatic rings. The van der Waals surface area contributed by atoms with E-state index in [-0.39, 0.29) is 19.2 Å². The number of para-hydroxylation sites is 1. The van der Waals surface area contributed by atoms with E-state index in [0.29, 0.717) is 52.2 Å². The first kappa shape index (κ1) is 32.7. The topological polar surface area (TPSA) is 137 Å². The second-order valence-corrected chi connectivity index (χ2v) is 10.1. The molecule has 1 heterocycles. The first-order valence-corrected chi connectivity index (χ1v) is 14.7. The monoisotopic (exact) mass is 630 g/mol. The van der Waals surface area contributed by atoms with Crippen LogP contribution in [0, 0.1) is 0 Å². The van der Waals surface area contributed by atoms with E-state index in [9.17, 15) is 14.4 Å². The Morgan fingerprint density at radius 3 is 2.31 bits per heavy atom. The molecule has 0 saturated carbocycles. The summed E-state index contributed by atoms with van der Waals surface area (Å²) < 4.78 is 21.9. The zero-order valence-electron chi connectivity index (χ0n) is 25.1. The normalized spacial score (nSPS) is 14.3. The fraction of sp³-hybridized carbons (Fsp3) is 0.242. The summed E-state index contributed by atoms with van der Waals surface area (Å²) in [4.78, 5) is 37.0. The summed E-state index contributed by atoms with van der Waals surface area (Å²) in [5, 5.41) is 10.4. The Morgan fingerprint density at radius 2 is 1.60 bits per heavy atom. The van der Waals surface area contributed by atoms with E-state index in [1.807, 2.05) is 12.1 Å². The third-order valence-corrected chi connectivity index (χ3v) is 6.73. The van der Waals surface area contributed by atoms with Gasteiger partial charge in [0.1, 0.15) is 18.1 Å². The van der Waals surface area contributed by atoms with Crippen molar-refractivity contribution in [2.75, 3.05) is 19.8 Å². The minimum atomic E-state index is -0.626. The van der Waals surface area contributed by atoms with Crippen LogP contribution in [-0.4, -0.2) is 49.0 Å². The van der Waals surface area contributed by atoms with Gasteiger partial charge in [0.05, 0.1) is 36.6 Å². The van der Waals surface area contributed by atoms with Crippen molar-refractivity contribution in [1.82, 2.24) is 16.1 Å². The quantitative estimate of drug-likeness (QED) is 0.108. The Labute approximate surface area is 266 Å². The largest absolute Gasteiger partial charge is 0.489 e. The van der Waals surface area contributed by atoms with Gasteiger partial charge in [-0.1, -0.05) is 30.3 Å². The number of hydrogen-bond donors (Lipinski definition) is 3. The number of nitrogens with one attached hydrogen (secondary N) is 3. The molecule has 3 aromatic carbocycles. The predicted octanol–water partition coefficient (Wildman–Crippen LogP) is 4.33. The minimum absolute atomic E-state index is 0.222. The predicted molar refractivity (Wildman–Crippen MR) is 172 cm³/mol. The standard InChI is InChI=1S/C33H34N4O7S/c1-4-41-31(39)24-14-10-23(11-15-24)19-43-25-16-12-22(13-17-25)18-34-37-28(38)20-44-27-9-7-6-8-26(27)30-29(32(40)42-5-2)21(3)35-33(45)36-30/h6-18,30H,4-5,19-20H2,1-3H3,(H,37,38)(H2,35,36,45)/t30-/m1/s1. The maximum Gasteiger partial charge on any atom is 0.338 e. The van der Waals surface area contributed by atoms with Crippen LogP contribution in [0.3, 0.4) is 0 Å². The molecule has 1 atom stereocenters. The van der Waals surface area contributed by atoms with Gasteiger partial charge in [0.2, 0.25) is 0 Å². The number of esters is 2. The molecule has 1 amide bonds. The van der Waals surface area contributed by atoms with Gasteiger partial charge in [-0.3, -0.25) is 4.79 Å². The Hall–Kier alpha value is -5.23. The lowest BCUT2D eigenvalue weighted by Crippen LogP contribution is -2.45. The molecule has 0 saturated heterocycles. The van der Waals surface area contributed by atoms with Crippen molar-refractivity contribution < 1.29 is 33.3 Å². The molecule has 0 unspecified atom stereocenters. The molecule has 1 aliphatic rings. The molecule has 0 fully saturated rings. The summed E-state index contributed by atoms with van der Waals surface area (Å²) >= 11 is 5.31. The van der Waals surface area contributed by atoms with E-state index in [0.717, 1.165) is 11.1 Å². The van der Waals surface area contributed by atoms with Crippen molar-refractivity contribution in [1.29, 1.82) is 0 Å². The van der Waals surface area contributed by atoms with Gasteiger partial charge >= 0.3 is 11.9 Å². The molecule has 4 rings (SSSR count). The third kappa shape index (κ3) is 9.13. The molecule has 0 aliphatic carbocycles. The molecule has 45 heavy (non-hydrogen) atoms. The van der Waals surface area contributed by atoms with Gasteiger partial charge in [-0.15, -0.1) is 0 Å². The van der Waals surface area contributed by atoms with Gasteiger partial charge < -0.3 is 29.6 Å². The SMILES string of the molecule is CCOC(=O)C1=C(C)NC(=S)N[C@@H]1c1ccccc1OCC(=O)NN=Cc1ccc(OCc2ccc(C(=O)OCC)cc2)cc1. The van der Waals surface area contributed by atoms with E-state index in [2.05, 4.69) is 21.2 Å². The molecular weight excluding hydrogens is 596 g/mol. The molecule has 234 valence electrons. The van der Waals surface area contributed by atoms with Crippen molar-refractivity contribution in [3.8, 4) is 11.5 Å². The summed E-state index contributed by atoms with van der Waals surface area (Å²) in [5.41, 5.74) is 6.16. The first-order valence-electron chi connectivity index (χ1n) is 14.3. The van der Waals surface area contributed by atoms with Gasteiger partial charge in [0.15, 0.2) is 11.7 Å². The highest BCUT2D eigenvalue weighted by molar-refractivity contribution is 7.80. The van der Waals surface area contributed by atoms with Crippen LogP contribution in [0.2, 0.25) is 0 Å². The highest BCUT2D eigenvalue weighted by Crippen LogP contribution is 2.33. The average Bonchev–Trinajstić information content (AvgIpc) is 3.03. The molecule has 0 radical (unpaired) electrons. The number of benzene rings is 3. The summed E-state index contributed by atoms with van der Waals surface area (Å²) in [7, 11) is 0. The minimum Gasteiger partial charge on any atom is -0.489 e. The number of rotatable bonds is 13. The van der Waals surface area contributed by atoms with Crippen LogP contribution in [0.25, 0.3) is 0 Å². The first-order chi connectivity index (χ1) is 21.8. The second kappa shape index (κ2) is 16.0. The number of hydrogen-bond acceptors (Lipinski definition) is 9. The number of hydrazone groups is 1. The third-order valence-electron chi connectivity index (χ3n) is 6.51. The van der Waals surface area contributed by atoms with Crippen LogP contribution >= 0.6 is 12.2 Å². The van der Waals surface area contributed by atoms with Gasteiger partial charge in [0, 0.05) is 11.3 Å². The summed E-state index contributed by atoms with van der Waals surface area (Å²) in [6, 6.07) is 20.7. The summed E-state index contributed by atoms with van der Waals surface area (Å²) in [5.74, 6) is -0.255. The molecule has 1 aliphatic heterocycles. The summed E-state index contributed by atoms with van der Waals surface area (Å²) in [6.07, 6.45) is 1.50. The van der Waals surface area contributed by atoms with Crippen LogP contribution < -0.4 is 25.5 Å². The van der Waals surface area contributed by atoms with Crippen LogP contribution in [0.1, 0.15) is 53.9 Å². The fourth-order valence-electron chi connectivity index (χ4n) is 4.38. The lowest BCUT2D eigenvalue weighted by molar-refractivity contribution is -0.139.